The second-order valence-corrected chi connectivity index (χ2v) is 3.97. The van der Waals surface area contributed by atoms with Crippen molar-refractivity contribution in [2.24, 2.45) is 11.5 Å². The van der Waals surface area contributed by atoms with Gasteiger partial charge in [0.2, 0.25) is 5.91 Å². The number of carbonyl (C=O) groups is 1. The van der Waals surface area contributed by atoms with Gasteiger partial charge in [-0.05, 0) is 25.1 Å². The lowest BCUT2D eigenvalue weighted by molar-refractivity contribution is -0.122. The van der Waals surface area contributed by atoms with Crippen molar-refractivity contribution in [1.82, 2.24) is 4.90 Å². The van der Waals surface area contributed by atoms with Crippen LogP contribution in [-0.4, -0.2) is 23.9 Å². The molecule has 4 nitrogen and oxygen atoms in total. The Kier molecular flexibility index (Phi) is 4.46. The van der Waals surface area contributed by atoms with Gasteiger partial charge in [0.15, 0.2) is 0 Å². The van der Waals surface area contributed by atoms with E-state index in [1.807, 2.05) is 36.2 Å². The summed E-state index contributed by atoms with van der Waals surface area (Å²) < 4.78 is 0. The Labute approximate surface area is 96.2 Å². The summed E-state index contributed by atoms with van der Waals surface area (Å²) in [5.74, 6) is -0.312. The summed E-state index contributed by atoms with van der Waals surface area (Å²) in [5, 5.41) is 0. The Bertz CT molecular complexity index is 365. The number of primary amides is 1. The SMILES string of the molecule is CC(C(N)=O)N(C)Cc1ccccc1CN. The number of hydrogen-bond donors (Lipinski definition) is 2. The number of nitrogens with zero attached hydrogens (tertiary/aromatic N) is 1. The van der Waals surface area contributed by atoms with Gasteiger partial charge in [0.1, 0.15) is 0 Å². The van der Waals surface area contributed by atoms with Gasteiger partial charge in [-0.1, -0.05) is 24.3 Å². The molecule has 88 valence electrons. The minimum Gasteiger partial charge on any atom is -0.368 e. The topological polar surface area (TPSA) is 72.4 Å². The molecule has 0 fully saturated rings. The molecule has 0 aliphatic heterocycles. The highest BCUT2D eigenvalue weighted by molar-refractivity contribution is 5.79. The Hall–Kier alpha value is -1.39. The molecule has 0 spiro atoms. The molecule has 1 aromatic carbocycles. The lowest BCUT2D eigenvalue weighted by atomic mass is 10.1. The van der Waals surface area contributed by atoms with Gasteiger partial charge in [-0.3, -0.25) is 9.69 Å². The molecule has 4 heteroatoms. The van der Waals surface area contributed by atoms with Crippen LogP contribution >= 0.6 is 0 Å². The minimum atomic E-state index is -0.312. The van der Waals surface area contributed by atoms with Crippen molar-refractivity contribution in [1.29, 1.82) is 0 Å². The van der Waals surface area contributed by atoms with Crippen LogP contribution < -0.4 is 11.5 Å². The summed E-state index contributed by atoms with van der Waals surface area (Å²) in [6.07, 6.45) is 0. The molecule has 1 atom stereocenters. The first-order chi connectivity index (χ1) is 7.56. The molecule has 0 saturated heterocycles. The summed E-state index contributed by atoms with van der Waals surface area (Å²) in [7, 11) is 1.88. The number of likely N-dealkylation sites (N-methyl/N-ethyl adjacent to an activating group) is 1. The van der Waals surface area contributed by atoms with Gasteiger partial charge < -0.3 is 11.5 Å². The number of amides is 1. The van der Waals surface area contributed by atoms with Crippen LogP contribution in [0.2, 0.25) is 0 Å². The maximum Gasteiger partial charge on any atom is 0.234 e. The van der Waals surface area contributed by atoms with Crippen molar-refractivity contribution < 1.29 is 4.79 Å². The van der Waals surface area contributed by atoms with Crippen molar-refractivity contribution in [3.05, 3.63) is 35.4 Å². The second kappa shape index (κ2) is 5.63. The van der Waals surface area contributed by atoms with E-state index in [1.54, 1.807) is 6.92 Å². The van der Waals surface area contributed by atoms with Crippen molar-refractivity contribution in [3.63, 3.8) is 0 Å². The van der Waals surface area contributed by atoms with E-state index in [0.717, 1.165) is 11.1 Å². The molecule has 0 aliphatic rings. The quantitative estimate of drug-likeness (QED) is 0.758. The van der Waals surface area contributed by atoms with E-state index >= 15 is 0 Å². The van der Waals surface area contributed by atoms with Gasteiger partial charge in [0.05, 0.1) is 6.04 Å². The summed E-state index contributed by atoms with van der Waals surface area (Å²) >= 11 is 0. The molecule has 0 saturated carbocycles. The van der Waals surface area contributed by atoms with Crippen LogP contribution in [0.3, 0.4) is 0 Å². The van der Waals surface area contributed by atoms with E-state index in [4.69, 9.17) is 11.5 Å². The smallest absolute Gasteiger partial charge is 0.234 e. The summed E-state index contributed by atoms with van der Waals surface area (Å²) in [6.45, 7) is 2.99. The van der Waals surface area contributed by atoms with Crippen molar-refractivity contribution in [3.8, 4) is 0 Å². The lowest BCUT2D eigenvalue weighted by Crippen LogP contribution is -2.39. The average molecular weight is 221 g/mol. The summed E-state index contributed by atoms with van der Waals surface area (Å²) in [6, 6.07) is 7.68. The minimum absolute atomic E-state index is 0.272. The zero-order valence-electron chi connectivity index (χ0n) is 9.81. The lowest BCUT2D eigenvalue weighted by Gasteiger charge is -2.23. The summed E-state index contributed by atoms with van der Waals surface area (Å²) in [4.78, 5) is 13.0. The van der Waals surface area contributed by atoms with Crippen LogP contribution in [0.1, 0.15) is 18.1 Å². The van der Waals surface area contributed by atoms with Gasteiger partial charge >= 0.3 is 0 Å². The van der Waals surface area contributed by atoms with Crippen LogP contribution in [-0.2, 0) is 17.9 Å². The monoisotopic (exact) mass is 221 g/mol. The maximum atomic E-state index is 11.0. The fourth-order valence-electron chi connectivity index (χ4n) is 1.53. The van der Waals surface area contributed by atoms with E-state index in [1.165, 1.54) is 0 Å². The Balaban J connectivity index is 2.76. The number of nitrogens with two attached hydrogens (primary N) is 2. The Morgan fingerprint density at radius 1 is 1.38 bits per heavy atom. The van der Waals surface area contributed by atoms with Crippen LogP contribution in [0.5, 0.6) is 0 Å². The molecule has 1 aromatic rings. The third kappa shape index (κ3) is 3.05. The first kappa shape index (κ1) is 12.7. The third-order valence-corrected chi connectivity index (χ3v) is 2.83. The molecule has 0 heterocycles. The standard InChI is InChI=1S/C12H19N3O/c1-9(12(14)16)15(2)8-11-6-4-3-5-10(11)7-13/h3-6,9H,7-8,13H2,1-2H3,(H2,14,16). The molecule has 0 aliphatic carbocycles. The van der Waals surface area contributed by atoms with E-state index in [0.29, 0.717) is 13.1 Å². The van der Waals surface area contributed by atoms with Gasteiger partial charge in [-0.15, -0.1) is 0 Å². The van der Waals surface area contributed by atoms with Gasteiger partial charge in [-0.2, -0.15) is 0 Å². The predicted octanol–water partition coefficient (Wildman–Crippen LogP) is 0.451. The van der Waals surface area contributed by atoms with Gasteiger partial charge in [0.25, 0.3) is 0 Å². The first-order valence-corrected chi connectivity index (χ1v) is 5.32. The van der Waals surface area contributed by atoms with Crippen LogP contribution in [0, 0.1) is 0 Å². The molecule has 0 radical (unpaired) electrons. The highest BCUT2D eigenvalue weighted by Crippen LogP contribution is 2.11. The first-order valence-electron chi connectivity index (χ1n) is 5.32. The highest BCUT2D eigenvalue weighted by atomic mass is 16.1. The number of benzene rings is 1. The van der Waals surface area contributed by atoms with E-state index < -0.39 is 0 Å². The van der Waals surface area contributed by atoms with Crippen molar-refractivity contribution in [2.75, 3.05) is 7.05 Å². The van der Waals surface area contributed by atoms with Crippen LogP contribution in [0.4, 0.5) is 0 Å². The molecule has 0 bridgehead atoms. The fraction of sp³-hybridized carbons (Fsp3) is 0.417. The zero-order valence-corrected chi connectivity index (χ0v) is 9.81. The summed E-state index contributed by atoms with van der Waals surface area (Å²) in [5.41, 5.74) is 13.2. The molecule has 16 heavy (non-hydrogen) atoms. The third-order valence-electron chi connectivity index (χ3n) is 2.83. The fourth-order valence-corrected chi connectivity index (χ4v) is 1.53. The molecule has 4 N–H and O–H groups in total. The highest BCUT2D eigenvalue weighted by Gasteiger charge is 2.15. The van der Waals surface area contributed by atoms with Gasteiger partial charge in [0, 0.05) is 13.1 Å². The van der Waals surface area contributed by atoms with Crippen molar-refractivity contribution in [2.45, 2.75) is 26.1 Å². The molecule has 1 unspecified atom stereocenters. The maximum absolute atomic E-state index is 11.0. The Morgan fingerprint density at radius 2 is 1.94 bits per heavy atom. The van der Waals surface area contributed by atoms with E-state index in [2.05, 4.69) is 0 Å². The molecule has 1 rings (SSSR count). The van der Waals surface area contributed by atoms with Crippen LogP contribution in [0.25, 0.3) is 0 Å². The molecule has 0 aromatic heterocycles. The molecular formula is C12H19N3O. The number of rotatable bonds is 5. The van der Waals surface area contributed by atoms with Crippen molar-refractivity contribution >= 4 is 5.91 Å². The second-order valence-electron chi connectivity index (χ2n) is 3.97. The molecule has 1 amide bonds. The van der Waals surface area contributed by atoms with Gasteiger partial charge in [-0.25, -0.2) is 0 Å². The molecular weight excluding hydrogens is 202 g/mol. The number of hydrogen-bond acceptors (Lipinski definition) is 3. The normalized spacial score (nSPS) is 12.8. The van der Waals surface area contributed by atoms with E-state index in [9.17, 15) is 4.79 Å². The average Bonchev–Trinajstić information content (AvgIpc) is 2.28. The van der Waals surface area contributed by atoms with Crippen LogP contribution in [0.15, 0.2) is 24.3 Å². The predicted molar refractivity (Wildman–Crippen MR) is 64.5 cm³/mol. The zero-order chi connectivity index (χ0) is 12.1. The largest absolute Gasteiger partial charge is 0.368 e. The van der Waals surface area contributed by atoms with E-state index in [-0.39, 0.29) is 11.9 Å². The number of carbonyl (C=O) groups excluding carboxylic acids is 1. The Morgan fingerprint density at radius 3 is 2.44 bits per heavy atom.